The molecule has 2 heterocycles. The number of ether oxygens (including phenoxy) is 2. The highest BCUT2D eigenvalue weighted by Gasteiger charge is 2.22. The van der Waals surface area contributed by atoms with Crippen molar-refractivity contribution < 1.29 is 22.7 Å². The zero-order valence-electron chi connectivity index (χ0n) is 18.5. The van der Waals surface area contributed by atoms with Crippen molar-refractivity contribution in [3.63, 3.8) is 0 Å². The van der Waals surface area contributed by atoms with Gasteiger partial charge >= 0.3 is 0 Å². The molecule has 0 aliphatic carbocycles. The first-order chi connectivity index (χ1) is 16.9. The highest BCUT2D eigenvalue weighted by Crippen LogP contribution is 2.36. The summed E-state index contributed by atoms with van der Waals surface area (Å²) in [4.78, 5) is 21.3. The van der Waals surface area contributed by atoms with Gasteiger partial charge in [0.25, 0.3) is 10.0 Å². The van der Waals surface area contributed by atoms with Gasteiger partial charge in [-0.15, -0.1) is 0 Å². The van der Waals surface area contributed by atoms with E-state index < -0.39 is 10.0 Å². The van der Waals surface area contributed by atoms with E-state index in [0.717, 1.165) is 4.90 Å². The lowest BCUT2D eigenvalue weighted by molar-refractivity contribution is -0.114. The van der Waals surface area contributed by atoms with Crippen LogP contribution in [-0.4, -0.2) is 37.5 Å². The number of hydrogen-bond acceptors (Lipinski definition) is 8. The average Bonchev–Trinajstić information content (AvgIpc) is 2.85. The summed E-state index contributed by atoms with van der Waals surface area (Å²) >= 11 is 1.26. The van der Waals surface area contributed by atoms with Crippen molar-refractivity contribution in [1.29, 1.82) is 0 Å². The second-order valence-corrected chi connectivity index (χ2v) is 10.3. The molecule has 4 aromatic rings. The Hall–Kier alpha value is -3.83. The second kappa shape index (κ2) is 9.43. The van der Waals surface area contributed by atoms with Gasteiger partial charge < -0.3 is 14.8 Å². The molecule has 35 heavy (non-hydrogen) atoms. The van der Waals surface area contributed by atoms with Crippen molar-refractivity contribution in [3.05, 3.63) is 66.7 Å². The summed E-state index contributed by atoms with van der Waals surface area (Å²) in [5.74, 6) is 0.813. The molecule has 0 unspecified atom stereocenters. The Labute approximate surface area is 205 Å². The first-order valence-electron chi connectivity index (χ1n) is 10.6. The number of rotatable bonds is 6. The maximum Gasteiger partial charge on any atom is 0.263 e. The van der Waals surface area contributed by atoms with Crippen molar-refractivity contribution in [2.24, 2.45) is 0 Å². The molecular weight excluding hydrogens is 488 g/mol. The molecule has 9 nitrogen and oxygen atoms in total. The fourth-order valence-electron chi connectivity index (χ4n) is 3.42. The van der Waals surface area contributed by atoms with Gasteiger partial charge in [-0.3, -0.25) is 9.52 Å². The summed E-state index contributed by atoms with van der Waals surface area (Å²) in [5, 5.41) is 3.10. The predicted octanol–water partition coefficient (Wildman–Crippen LogP) is 4.31. The normalized spacial score (nSPS) is 12.8. The Morgan fingerprint density at radius 3 is 2.31 bits per heavy atom. The van der Waals surface area contributed by atoms with E-state index in [9.17, 15) is 13.2 Å². The standard InChI is InChI=1S/C24H20N4O5S2/c1-15(29)25-16-6-8-17(9-7-16)34-24-23(26-19-4-2-3-5-20(19)27-24)28-35(30,31)18-10-11-21-22(14-18)33-13-12-32-21/h2-11,14H,12-13H2,1H3,(H,25,29)(H,26,28). The van der Waals surface area contributed by atoms with E-state index in [1.54, 1.807) is 24.3 Å². The SMILES string of the molecule is CC(=O)Nc1ccc(Sc2nc3ccccc3nc2NS(=O)(=O)c2ccc3c(c2)OCCO3)cc1. The predicted molar refractivity (Wildman–Crippen MR) is 133 cm³/mol. The molecule has 5 rings (SSSR count). The molecule has 0 atom stereocenters. The van der Waals surface area contributed by atoms with Crippen LogP contribution in [0.3, 0.4) is 0 Å². The van der Waals surface area contributed by atoms with E-state index in [2.05, 4.69) is 20.0 Å². The van der Waals surface area contributed by atoms with E-state index in [4.69, 9.17) is 9.47 Å². The molecule has 0 fully saturated rings. The van der Waals surface area contributed by atoms with Crippen molar-refractivity contribution in [2.45, 2.75) is 21.7 Å². The molecule has 178 valence electrons. The number of anilines is 2. The zero-order chi connectivity index (χ0) is 24.4. The number of benzene rings is 3. The van der Waals surface area contributed by atoms with Gasteiger partial charge in [-0.25, -0.2) is 18.4 Å². The number of nitrogens with zero attached hydrogens (tertiary/aromatic N) is 2. The first kappa shape index (κ1) is 22.9. The molecular formula is C24H20N4O5S2. The van der Waals surface area contributed by atoms with Gasteiger partial charge in [0.1, 0.15) is 18.2 Å². The molecule has 1 aromatic heterocycles. The lowest BCUT2D eigenvalue weighted by atomic mass is 10.3. The van der Waals surface area contributed by atoms with Crippen molar-refractivity contribution in [3.8, 4) is 11.5 Å². The number of nitrogens with one attached hydrogen (secondary N) is 2. The van der Waals surface area contributed by atoms with E-state index in [0.29, 0.717) is 46.5 Å². The van der Waals surface area contributed by atoms with Crippen LogP contribution >= 0.6 is 11.8 Å². The Bertz CT molecular complexity index is 1530. The zero-order valence-corrected chi connectivity index (χ0v) is 20.2. The molecule has 1 amide bonds. The third-order valence-corrected chi connectivity index (χ3v) is 7.31. The Morgan fingerprint density at radius 2 is 1.60 bits per heavy atom. The molecule has 0 saturated carbocycles. The Morgan fingerprint density at radius 1 is 0.914 bits per heavy atom. The van der Waals surface area contributed by atoms with Crippen LogP contribution in [0.1, 0.15) is 6.92 Å². The fraction of sp³-hybridized carbons (Fsp3) is 0.125. The topological polar surface area (TPSA) is 120 Å². The smallest absolute Gasteiger partial charge is 0.263 e. The van der Waals surface area contributed by atoms with Crippen molar-refractivity contribution in [2.75, 3.05) is 23.3 Å². The van der Waals surface area contributed by atoms with Crippen molar-refractivity contribution in [1.82, 2.24) is 9.97 Å². The average molecular weight is 509 g/mol. The van der Waals surface area contributed by atoms with Gasteiger partial charge in [0.05, 0.1) is 15.9 Å². The van der Waals surface area contributed by atoms with Crippen LogP contribution in [0.5, 0.6) is 11.5 Å². The number of carbonyl (C=O) groups excluding carboxylic acids is 1. The number of sulfonamides is 1. The number of carbonyl (C=O) groups is 1. The Kier molecular flexibility index (Phi) is 6.18. The summed E-state index contributed by atoms with van der Waals surface area (Å²) in [5.41, 5.74) is 1.84. The second-order valence-electron chi connectivity index (χ2n) is 7.58. The minimum Gasteiger partial charge on any atom is -0.486 e. The molecule has 0 bridgehead atoms. The summed E-state index contributed by atoms with van der Waals surface area (Å²) in [6.07, 6.45) is 0. The maximum atomic E-state index is 13.3. The molecule has 1 aliphatic heterocycles. The third kappa shape index (κ3) is 5.15. The highest BCUT2D eigenvalue weighted by molar-refractivity contribution is 7.99. The van der Waals surface area contributed by atoms with Gasteiger partial charge in [-0.2, -0.15) is 0 Å². The van der Waals surface area contributed by atoms with Crippen LogP contribution in [0, 0.1) is 0 Å². The maximum absolute atomic E-state index is 13.3. The molecule has 1 aliphatic rings. The fourth-order valence-corrected chi connectivity index (χ4v) is 5.34. The van der Waals surface area contributed by atoms with Crippen LogP contribution in [0.25, 0.3) is 11.0 Å². The molecule has 0 radical (unpaired) electrons. The molecule has 3 aromatic carbocycles. The molecule has 0 saturated heterocycles. The molecule has 11 heteroatoms. The van der Waals surface area contributed by atoms with Gasteiger partial charge in [0.15, 0.2) is 17.3 Å². The summed E-state index contributed by atoms with van der Waals surface area (Å²) in [6.45, 7) is 2.20. The third-order valence-electron chi connectivity index (χ3n) is 4.98. The monoisotopic (exact) mass is 508 g/mol. The first-order valence-corrected chi connectivity index (χ1v) is 12.9. The number of aromatic nitrogens is 2. The lowest BCUT2D eigenvalue weighted by Crippen LogP contribution is -2.18. The molecule has 2 N–H and O–H groups in total. The van der Waals surface area contributed by atoms with E-state index in [1.165, 1.54) is 30.8 Å². The lowest BCUT2D eigenvalue weighted by Gasteiger charge is -2.19. The number of fused-ring (bicyclic) bond motifs is 2. The summed E-state index contributed by atoms with van der Waals surface area (Å²) < 4.78 is 40.1. The van der Waals surface area contributed by atoms with Crippen LogP contribution in [0.15, 0.2) is 81.5 Å². The van der Waals surface area contributed by atoms with Crippen molar-refractivity contribution >= 4 is 50.2 Å². The van der Waals surface area contributed by atoms with Gasteiger partial charge in [-0.1, -0.05) is 23.9 Å². The van der Waals surface area contributed by atoms with E-state index in [-0.39, 0.29) is 16.6 Å². The summed E-state index contributed by atoms with van der Waals surface area (Å²) in [7, 11) is -4.00. The Balaban J connectivity index is 1.49. The van der Waals surface area contributed by atoms with Crippen LogP contribution in [0.2, 0.25) is 0 Å². The summed E-state index contributed by atoms with van der Waals surface area (Å²) in [6, 6.07) is 18.8. The quantitative estimate of drug-likeness (QED) is 0.395. The number of para-hydroxylation sites is 2. The van der Waals surface area contributed by atoms with Crippen LogP contribution < -0.4 is 19.5 Å². The minimum absolute atomic E-state index is 0.0207. The van der Waals surface area contributed by atoms with Crippen LogP contribution in [-0.2, 0) is 14.8 Å². The van der Waals surface area contributed by atoms with Gasteiger partial charge in [0, 0.05) is 23.6 Å². The largest absolute Gasteiger partial charge is 0.486 e. The van der Waals surface area contributed by atoms with Gasteiger partial charge in [-0.05, 0) is 48.5 Å². The van der Waals surface area contributed by atoms with E-state index in [1.807, 2.05) is 30.3 Å². The minimum atomic E-state index is -4.00. The van der Waals surface area contributed by atoms with Crippen LogP contribution in [0.4, 0.5) is 11.5 Å². The molecule has 0 spiro atoms. The number of hydrogen-bond donors (Lipinski definition) is 2. The number of amides is 1. The highest BCUT2D eigenvalue weighted by atomic mass is 32.2. The van der Waals surface area contributed by atoms with E-state index >= 15 is 0 Å². The van der Waals surface area contributed by atoms with Gasteiger partial charge in [0.2, 0.25) is 5.91 Å².